The Morgan fingerprint density at radius 2 is 2.00 bits per heavy atom. The van der Waals surface area contributed by atoms with Gasteiger partial charge < -0.3 is 5.32 Å². The summed E-state index contributed by atoms with van der Waals surface area (Å²) in [6, 6.07) is 8.26. The van der Waals surface area contributed by atoms with Gasteiger partial charge >= 0.3 is 0 Å². The summed E-state index contributed by atoms with van der Waals surface area (Å²) in [4.78, 5) is 20.3. The van der Waals surface area contributed by atoms with Gasteiger partial charge in [0.2, 0.25) is 5.95 Å². The van der Waals surface area contributed by atoms with E-state index in [2.05, 4.69) is 15.3 Å². The Balaban J connectivity index is 1.80. The third-order valence-electron chi connectivity index (χ3n) is 4.15. The lowest BCUT2D eigenvalue weighted by molar-refractivity contribution is 0.0920. The van der Waals surface area contributed by atoms with Crippen LogP contribution in [0.5, 0.6) is 0 Å². The molecule has 0 aromatic carbocycles. The van der Waals surface area contributed by atoms with Gasteiger partial charge in [0.15, 0.2) is 0 Å². The second kappa shape index (κ2) is 6.64. The van der Waals surface area contributed by atoms with Crippen LogP contribution in [-0.2, 0) is 0 Å². The molecule has 5 heteroatoms. The smallest absolute Gasteiger partial charge is 0.253 e. The number of aromatic nitrogens is 2. The molecule has 0 saturated heterocycles. The third kappa shape index (κ3) is 3.30. The molecule has 1 saturated carbocycles. The second-order valence-corrected chi connectivity index (χ2v) is 5.62. The zero-order valence-electron chi connectivity index (χ0n) is 12.2. The van der Waals surface area contributed by atoms with E-state index in [1.807, 2.05) is 18.2 Å². The van der Waals surface area contributed by atoms with Crippen LogP contribution in [0, 0.1) is 11.9 Å². The van der Waals surface area contributed by atoms with Crippen LogP contribution in [0.2, 0.25) is 0 Å². The topological polar surface area (TPSA) is 54.9 Å². The van der Waals surface area contributed by atoms with Crippen molar-refractivity contribution in [1.29, 1.82) is 0 Å². The minimum absolute atomic E-state index is 0.110. The van der Waals surface area contributed by atoms with Crippen molar-refractivity contribution >= 4 is 5.91 Å². The minimum Gasteiger partial charge on any atom is -0.343 e. The van der Waals surface area contributed by atoms with E-state index in [-0.39, 0.29) is 11.9 Å². The molecule has 114 valence electrons. The van der Waals surface area contributed by atoms with Crippen molar-refractivity contribution in [3.05, 3.63) is 59.9 Å². The lowest BCUT2D eigenvalue weighted by Gasteiger charge is -2.24. The molecule has 3 rings (SSSR count). The van der Waals surface area contributed by atoms with Crippen LogP contribution in [-0.4, -0.2) is 15.9 Å². The van der Waals surface area contributed by atoms with E-state index in [0.717, 1.165) is 18.5 Å². The number of amides is 1. The lowest BCUT2D eigenvalue weighted by Crippen LogP contribution is -2.33. The average Bonchev–Trinajstić information content (AvgIpc) is 3.08. The monoisotopic (exact) mass is 299 g/mol. The van der Waals surface area contributed by atoms with E-state index < -0.39 is 5.95 Å². The molecule has 0 aliphatic heterocycles. The largest absolute Gasteiger partial charge is 0.343 e. The molecule has 0 bridgehead atoms. The number of hydrogen-bond donors (Lipinski definition) is 1. The van der Waals surface area contributed by atoms with Crippen molar-refractivity contribution in [3.63, 3.8) is 0 Å². The first-order chi connectivity index (χ1) is 10.7. The normalized spacial score (nSPS) is 16.4. The summed E-state index contributed by atoms with van der Waals surface area (Å²) in [6.07, 6.45) is 7.54. The SMILES string of the molecule is O=C(NC(c1ccccn1)C1CCCC1)c1ccc(F)nc1. The van der Waals surface area contributed by atoms with Crippen molar-refractivity contribution in [2.24, 2.45) is 5.92 Å². The van der Waals surface area contributed by atoms with Crippen molar-refractivity contribution in [2.45, 2.75) is 31.7 Å². The first-order valence-electron chi connectivity index (χ1n) is 7.57. The Morgan fingerprint density at radius 3 is 2.64 bits per heavy atom. The predicted octanol–water partition coefficient (Wildman–Crippen LogP) is 3.28. The van der Waals surface area contributed by atoms with Gasteiger partial charge in [0, 0.05) is 12.4 Å². The maximum absolute atomic E-state index is 12.9. The maximum atomic E-state index is 12.9. The van der Waals surface area contributed by atoms with E-state index >= 15 is 0 Å². The summed E-state index contributed by atoms with van der Waals surface area (Å²) >= 11 is 0. The Labute approximate surface area is 128 Å². The van der Waals surface area contributed by atoms with Gasteiger partial charge in [-0.25, -0.2) is 4.98 Å². The zero-order valence-corrected chi connectivity index (χ0v) is 12.2. The highest BCUT2D eigenvalue weighted by Crippen LogP contribution is 2.35. The maximum Gasteiger partial charge on any atom is 0.253 e. The molecule has 0 radical (unpaired) electrons. The van der Waals surface area contributed by atoms with E-state index in [0.29, 0.717) is 11.5 Å². The zero-order chi connectivity index (χ0) is 15.4. The number of pyridine rings is 2. The van der Waals surface area contributed by atoms with Gasteiger partial charge in [-0.05, 0) is 43.0 Å². The summed E-state index contributed by atoms with van der Waals surface area (Å²) in [5, 5.41) is 3.05. The van der Waals surface area contributed by atoms with Crippen LogP contribution >= 0.6 is 0 Å². The summed E-state index contributed by atoms with van der Waals surface area (Å²) in [6.45, 7) is 0. The number of carbonyl (C=O) groups is 1. The number of nitrogens with one attached hydrogen (secondary N) is 1. The van der Waals surface area contributed by atoms with Gasteiger partial charge in [0.25, 0.3) is 5.91 Å². The fraction of sp³-hybridized carbons (Fsp3) is 0.353. The fourth-order valence-corrected chi connectivity index (χ4v) is 3.02. The van der Waals surface area contributed by atoms with Gasteiger partial charge in [0.1, 0.15) is 0 Å². The Hall–Kier alpha value is -2.30. The molecule has 22 heavy (non-hydrogen) atoms. The molecular formula is C17H18FN3O. The molecule has 2 aromatic rings. The van der Waals surface area contributed by atoms with Gasteiger partial charge in [-0.1, -0.05) is 18.9 Å². The quantitative estimate of drug-likeness (QED) is 0.881. The Kier molecular flexibility index (Phi) is 4.42. The van der Waals surface area contributed by atoms with Crippen LogP contribution in [0.3, 0.4) is 0 Å². The number of rotatable bonds is 4. The summed E-state index contributed by atoms with van der Waals surface area (Å²) in [7, 11) is 0. The van der Waals surface area contributed by atoms with Crippen LogP contribution in [0.15, 0.2) is 42.7 Å². The van der Waals surface area contributed by atoms with Crippen molar-refractivity contribution in [2.75, 3.05) is 0 Å². The van der Waals surface area contributed by atoms with E-state index in [9.17, 15) is 9.18 Å². The average molecular weight is 299 g/mol. The van der Waals surface area contributed by atoms with Gasteiger partial charge in [0.05, 0.1) is 17.3 Å². The Morgan fingerprint density at radius 1 is 1.18 bits per heavy atom. The predicted molar refractivity (Wildman–Crippen MR) is 80.6 cm³/mol. The molecule has 1 aliphatic rings. The molecule has 1 atom stereocenters. The molecule has 1 amide bonds. The first-order valence-corrected chi connectivity index (χ1v) is 7.57. The molecule has 2 aromatic heterocycles. The van der Waals surface area contributed by atoms with E-state index in [1.165, 1.54) is 31.2 Å². The summed E-state index contributed by atoms with van der Waals surface area (Å²) in [5.41, 5.74) is 1.23. The van der Waals surface area contributed by atoms with Gasteiger partial charge in [-0.15, -0.1) is 0 Å². The minimum atomic E-state index is -0.589. The van der Waals surface area contributed by atoms with Crippen LogP contribution in [0.4, 0.5) is 4.39 Å². The number of hydrogen-bond acceptors (Lipinski definition) is 3. The van der Waals surface area contributed by atoms with E-state index in [1.54, 1.807) is 6.20 Å². The molecular weight excluding hydrogens is 281 g/mol. The highest BCUT2D eigenvalue weighted by Gasteiger charge is 2.28. The van der Waals surface area contributed by atoms with Crippen LogP contribution in [0.1, 0.15) is 47.8 Å². The standard InChI is InChI=1S/C17H18FN3O/c18-15-9-8-13(11-20-15)17(22)21-16(12-5-1-2-6-12)14-7-3-4-10-19-14/h3-4,7-12,16H,1-2,5-6H2,(H,21,22). The van der Waals surface area contributed by atoms with Crippen molar-refractivity contribution in [3.8, 4) is 0 Å². The van der Waals surface area contributed by atoms with Crippen LogP contribution in [0.25, 0.3) is 0 Å². The lowest BCUT2D eigenvalue weighted by atomic mass is 9.94. The van der Waals surface area contributed by atoms with E-state index in [4.69, 9.17) is 0 Å². The van der Waals surface area contributed by atoms with Gasteiger partial charge in [-0.2, -0.15) is 4.39 Å². The van der Waals surface area contributed by atoms with Crippen molar-refractivity contribution in [1.82, 2.24) is 15.3 Å². The fourth-order valence-electron chi connectivity index (χ4n) is 3.02. The van der Waals surface area contributed by atoms with Crippen LogP contribution < -0.4 is 5.32 Å². The molecule has 1 fully saturated rings. The summed E-state index contributed by atoms with van der Waals surface area (Å²) in [5.74, 6) is -0.434. The molecule has 1 N–H and O–H groups in total. The molecule has 2 heterocycles. The second-order valence-electron chi connectivity index (χ2n) is 5.62. The van der Waals surface area contributed by atoms with Gasteiger partial charge in [-0.3, -0.25) is 9.78 Å². The number of carbonyl (C=O) groups excluding carboxylic acids is 1. The number of halogens is 1. The molecule has 0 spiro atoms. The Bertz CT molecular complexity index is 624. The first kappa shape index (κ1) is 14.6. The third-order valence-corrected chi connectivity index (χ3v) is 4.15. The highest BCUT2D eigenvalue weighted by molar-refractivity contribution is 5.94. The summed E-state index contributed by atoms with van der Waals surface area (Å²) < 4.78 is 12.9. The number of nitrogens with zero attached hydrogens (tertiary/aromatic N) is 2. The molecule has 4 nitrogen and oxygen atoms in total. The molecule has 1 aliphatic carbocycles. The molecule has 1 unspecified atom stereocenters. The van der Waals surface area contributed by atoms with Crippen molar-refractivity contribution < 1.29 is 9.18 Å². The highest BCUT2D eigenvalue weighted by atomic mass is 19.1.